The van der Waals surface area contributed by atoms with Gasteiger partial charge in [-0.2, -0.15) is 0 Å². The highest BCUT2D eigenvalue weighted by atomic mass is 15.2. The fraction of sp³-hybridized carbons (Fsp3) is 0.684. The Labute approximate surface area is 129 Å². The summed E-state index contributed by atoms with van der Waals surface area (Å²) in [5.41, 5.74) is 1.54. The van der Waals surface area contributed by atoms with E-state index >= 15 is 0 Å². The molecule has 1 aromatic carbocycles. The normalized spacial score (nSPS) is 29.8. The van der Waals surface area contributed by atoms with Crippen LogP contribution in [-0.2, 0) is 0 Å². The summed E-state index contributed by atoms with van der Waals surface area (Å²) in [4.78, 5) is 2.77. The average molecular weight is 286 g/mol. The molecule has 2 fully saturated rings. The first-order valence-electron chi connectivity index (χ1n) is 8.73. The molecule has 1 aromatic rings. The molecule has 1 saturated heterocycles. The Hall–Kier alpha value is -0.860. The molecule has 1 N–H and O–H groups in total. The van der Waals surface area contributed by atoms with Gasteiger partial charge in [-0.15, -0.1) is 0 Å². The zero-order valence-corrected chi connectivity index (χ0v) is 13.6. The van der Waals surface area contributed by atoms with Gasteiger partial charge in [-0.25, -0.2) is 0 Å². The summed E-state index contributed by atoms with van der Waals surface area (Å²) in [6.45, 7) is 9.53. The Morgan fingerprint density at radius 3 is 2.62 bits per heavy atom. The SMILES string of the molecule is CC(C)CNCC1CCC1N1CCC(c2ccccc2)C1. The Balaban J connectivity index is 1.48. The third-order valence-electron chi connectivity index (χ3n) is 5.30. The first-order chi connectivity index (χ1) is 10.2. The predicted molar refractivity (Wildman–Crippen MR) is 89.6 cm³/mol. The molecule has 0 bridgehead atoms. The van der Waals surface area contributed by atoms with E-state index in [1.54, 1.807) is 0 Å². The van der Waals surface area contributed by atoms with Gasteiger partial charge < -0.3 is 5.32 Å². The van der Waals surface area contributed by atoms with E-state index in [2.05, 4.69) is 54.4 Å². The number of likely N-dealkylation sites (tertiary alicyclic amines) is 1. The zero-order valence-electron chi connectivity index (χ0n) is 13.6. The van der Waals surface area contributed by atoms with Crippen LogP contribution in [0, 0.1) is 11.8 Å². The van der Waals surface area contributed by atoms with Gasteiger partial charge >= 0.3 is 0 Å². The molecule has 1 aliphatic carbocycles. The van der Waals surface area contributed by atoms with Gasteiger partial charge in [0.05, 0.1) is 0 Å². The molecular weight excluding hydrogens is 256 g/mol. The summed E-state index contributed by atoms with van der Waals surface area (Å²) in [7, 11) is 0. The van der Waals surface area contributed by atoms with Crippen molar-refractivity contribution in [1.82, 2.24) is 10.2 Å². The fourth-order valence-corrected chi connectivity index (χ4v) is 3.91. The first-order valence-corrected chi connectivity index (χ1v) is 8.73. The van der Waals surface area contributed by atoms with Crippen LogP contribution in [0.4, 0.5) is 0 Å². The number of hydrogen-bond acceptors (Lipinski definition) is 2. The summed E-state index contributed by atoms with van der Waals surface area (Å²) >= 11 is 0. The van der Waals surface area contributed by atoms with Gasteiger partial charge in [-0.3, -0.25) is 4.90 Å². The van der Waals surface area contributed by atoms with E-state index in [1.807, 2.05) is 0 Å². The van der Waals surface area contributed by atoms with Crippen molar-refractivity contribution in [2.24, 2.45) is 11.8 Å². The van der Waals surface area contributed by atoms with Crippen LogP contribution in [0.5, 0.6) is 0 Å². The Morgan fingerprint density at radius 1 is 1.14 bits per heavy atom. The molecule has 0 radical (unpaired) electrons. The monoisotopic (exact) mass is 286 g/mol. The highest BCUT2D eigenvalue weighted by molar-refractivity contribution is 5.21. The average Bonchev–Trinajstić information content (AvgIpc) is 2.92. The second-order valence-electron chi connectivity index (χ2n) is 7.35. The highest BCUT2D eigenvalue weighted by Gasteiger charge is 2.38. The van der Waals surface area contributed by atoms with Gasteiger partial charge in [0.15, 0.2) is 0 Å². The molecule has 3 atom stereocenters. The van der Waals surface area contributed by atoms with Gasteiger partial charge in [0.1, 0.15) is 0 Å². The maximum absolute atomic E-state index is 3.66. The molecule has 2 nitrogen and oxygen atoms in total. The second-order valence-corrected chi connectivity index (χ2v) is 7.35. The van der Waals surface area contributed by atoms with Crippen LogP contribution in [-0.4, -0.2) is 37.1 Å². The lowest BCUT2D eigenvalue weighted by molar-refractivity contribution is 0.0807. The number of rotatable bonds is 6. The van der Waals surface area contributed by atoms with Crippen molar-refractivity contribution >= 4 is 0 Å². The second kappa shape index (κ2) is 6.93. The van der Waals surface area contributed by atoms with Gasteiger partial charge in [0, 0.05) is 12.6 Å². The van der Waals surface area contributed by atoms with E-state index in [4.69, 9.17) is 0 Å². The summed E-state index contributed by atoms with van der Waals surface area (Å²) in [5.74, 6) is 2.41. The molecule has 1 saturated carbocycles. The van der Waals surface area contributed by atoms with Gasteiger partial charge in [0.2, 0.25) is 0 Å². The molecule has 2 aliphatic rings. The molecule has 3 rings (SSSR count). The lowest BCUT2D eigenvalue weighted by Gasteiger charge is -2.43. The standard InChI is InChI=1S/C19H30N2/c1-15(2)12-20-13-17-8-9-19(17)21-11-10-18(14-21)16-6-4-3-5-7-16/h3-7,15,17-20H,8-14H2,1-2H3. The van der Waals surface area contributed by atoms with E-state index in [9.17, 15) is 0 Å². The zero-order chi connectivity index (χ0) is 14.7. The van der Waals surface area contributed by atoms with Crippen molar-refractivity contribution in [3.63, 3.8) is 0 Å². The molecule has 0 amide bonds. The van der Waals surface area contributed by atoms with Gasteiger partial charge in [-0.1, -0.05) is 44.2 Å². The first kappa shape index (κ1) is 15.1. The molecule has 3 unspecified atom stereocenters. The molecular formula is C19H30N2. The summed E-state index contributed by atoms with van der Waals surface area (Å²) in [5, 5.41) is 3.66. The minimum Gasteiger partial charge on any atom is -0.316 e. The van der Waals surface area contributed by atoms with Crippen LogP contribution in [0.3, 0.4) is 0 Å². The highest BCUT2D eigenvalue weighted by Crippen LogP contribution is 2.37. The quantitative estimate of drug-likeness (QED) is 0.861. The Bertz CT molecular complexity index is 428. The number of nitrogens with one attached hydrogen (secondary N) is 1. The Morgan fingerprint density at radius 2 is 1.95 bits per heavy atom. The van der Waals surface area contributed by atoms with Crippen molar-refractivity contribution in [2.45, 2.75) is 45.1 Å². The predicted octanol–water partition coefficient (Wildman–Crippen LogP) is 3.50. The van der Waals surface area contributed by atoms with Crippen molar-refractivity contribution in [2.75, 3.05) is 26.2 Å². The molecule has 0 spiro atoms. The van der Waals surface area contributed by atoms with Gasteiger partial charge in [0.25, 0.3) is 0 Å². The lowest BCUT2D eigenvalue weighted by atomic mass is 9.78. The van der Waals surface area contributed by atoms with Crippen LogP contribution in [0.25, 0.3) is 0 Å². The Kier molecular flexibility index (Phi) is 4.97. The van der Waals surface area contributed by atoms with Crippen molar-refractivity contribution in [3.05, 3.63) is 35.9 Å². The maximum Gasteiger partial charge on any atom is 0.0136 e. The van der Waals surface area contributed by atoms with Crippen LogP contribution in [0.2, 0.25) is 0 Å². The minimum absolute atomic E-state index is 0.760. The molecule has 1 heterocycles. The van der Waals surface area contributed by atoms with Crippen molar-refractivity contribution in [3.8, 4) is 0 Å². The number of benzene rings is 1. The van der Waals surface area contributed by atoms with E-state index in [1.165, 1.54) is 44.5 Å². The summed E-state index contributed by atoms with van der Waals surface area (Å²) in [6.07, 6.45) is 4.17. The molecule has 21 heavy (non-hydrogen) atoms. The largest absolute Gasteiger partial charge is 0.316 e. The fourth-order valence-electron chi connectivity index (χ4n) is 3.91. The van der Waals surface area contributed by atoms with Crippen LogP contribution in [0.15, 0.2) is 30.3 Å². The number of nitrogens with zero attached hydrogens (tertiary/aromatic N) is 1. The third-order valence-corrected chi connectivity index (χ3v) is 5.30. The van der Waals surface area contributed by atoms with E-state index in [0.717, 1.165) is 30.3 Å². The van der Waals surface area contributed by atoms with Crippen LogP contribution >= 0.6 is 0 Å². The molecule has 116 valence electrons. The maximum atomic E-state index is 3.66. The van der Waals surface area contributed by atoms with Crippen molar-refractivity contribution in [1.29, 1.82) is 0 Å². The lowest BCUT2D eigenvalue weighted by Crippen LogP contribution is -2.49. The molecule has 0 aromatic heterocycles. The molecule has 2 heteroatoms. The van der Waals surface area contributed by atoms with E-state index in [-0.39, 0.29) is 0 Å². The topological polar surface area (TPSA) is 15.3 Å². The van der Waals surface area contributed by atoms with Crippen LogP contribution < -0.4 is 5.32 Å². The van der Waals surface area contributed by atoms with E-state index in [0.29, 0.717) is 0 Å². The third kappa shape index (κ3) is 3.67. The number of hydrogen-bond donors (Lipinski definition) is 1. The van der Waals surface area contributed by atoms with Crippen LogP contribution in [0.1, 0.15) is 44.6 Å². The van der Waals surface area contributed by atoms with Crippen molar-refractivity contribution < 1.29 is 0 Å². The van der Waals surface area contributed by atoms with E-state index < -0.39 is 0 Å². The summed E-state index contributed by atoms with van der Waals surface area (Å²) in [6, 6.07) is 11.9. The minimum atomic E-state index is 0.760. The van der Waals surface area contributed by atoms with Gasteiger partial charge in [-0.05, 0) is 62.2 Å². The smallest absolute Gasteiger partial charge is 0.0136 e. The summed E-state index contributed by atoms with van der Waals surface area (Å²) < 4.78 is 0. The molecule has 1 aliphatic heterocycles.